The van der Waals surface area contributed by atoms with E-state index in [2.05, 4.69) is 69.3 Å². The number of hydrogen-bond acceptors (Lipinski definition) is 1. The molecule has 2 N–H and O–H groups in total. The minimum Gasteiger partial charge on any atom is -0.327 e. The third-order valence-electron chi connectivity index (χ3n) is 3.56. The molecule has 0 bridgehead atoms. The van der Waals surface area contributed by atoms with E-state index in [1.807, 2.05) is 0 Å². The van der Waals surface area contributed by atoms with Crippen molar-refractivity contribution in [3.8, 4) is 0 Å². The van der Waals surface area contributed by atoms with Gasteiger partial charge in [-0.15, -0.1) is 0 Å². The van der Waals surface area contributed by atoms with Gasteiger partial charge in [-0.2, -0.15) is 0 Å². The maximum absolute atomic E-state index is 5.89. The quantitative estimate of drug-likeness (QED) is 0.873. The van der Waals surface area contributed by atoms with Crippen LogP contribution in [-0.2, 0) is 0 Å². The molecule has 0 fully saturated rings. The lowest BCUT2D eigenvalue weighted by atomic mass is 9.88. The molecule has 0 aliphatic rings. The second kappa shape index (κ2) is 5.85. The lowest BCUT2D eigenvalue weighted by Gasteiger charge is -2.16. The van der Waals surface area contributed by atoms with Gasteiger partial charge in [0.15, 0.2) is 0 Å². The van der Waals surface area contributed by atoms with Crippen LogP contribution in [0.25, 0.3) is 5.57 Å². The molecule has 0 spiro atoms. The lowest BCUT2D eigenvalue weighted by molar-refractivity contribution is 1.14. The van der Waals surface area contributed by atoms with Gasteiger partial charge in [0.05, 0.1) is 0 Å². The van der Waals surface area contributed by atoms with Gasteiger partial charge >= 0.3 is 0 Å². The average molecular weight is 251 g/mol. The van der Waals surface area contributed by atoms with Crippen molar-refractivity contribution in [2.75, 3.05) is 6.54 Å². The first-order valence-electron chi connectivity index (χ1n) is 6.67. The molecule has 0 atom stereocenters. The second-order valence-electron chi connectivity index (χ2n) is 4.99. The van der Waals surface area contributed by atoms with Gasteiger partial charge in [-0.3, -0.25) is 0 Å². The Bertz CT molecular complexity index is 561. The van der Waals surface area contributed by atoms with E-state index in [0.29, 0.717) is 6.54 Å². The molecular formula is C18H21N. The summed E-state index contributed by atoms with van der Waals surface area (Å²) >= 11 is 0. The Balaban J connectivity index is 2.70. The highest BCUT2D eigenvalue weighted by Crippen LogP contribution is 2.30. The van der Waals surface area contributed by atoms with Gasteiger partial charge in [0.2, 0.25) is 0 Å². The molecule has 0 amide bonds. The highest BCUT2D eigenvalue weighted by atomic mass is 14.5. The Morgan fingerprint density at radius 2 is 1.26 bits per heavy atom. The van der Waals surface area contributed by atoms with Crippen LogP contribution in [0.15, 0.2) is 54.1 Å². The SMILES string of the molecule is CC(CN)=C(c1ccccc1C)c1ccccc1C. The summed E-state index contributed by atoms with van der Waals surface area (Å²) in [4.78, 5) is 0. The maximum Gasteiger partial charge on any atom is 0.0143 e. The van der Waals surface area contributed by atoms with Crippen molar-refractivity contribution < 1.29 is 0 Å². The molecule has 2 aromatic carbocycles. The summed E-state index contributed by atoms with van der Waals surface area (Å²) in [6.07, 6.45) is 0. The summed E-state index contributed by atoms with van der Waals surface area (Å²) in [6.45, 7) is 7.00. The summed E-state index contributed by atoms with van der Waals surface area (Å²) in [5, 5.41) is 0. The highest BCUT2D eigenvalue weighted by Gasteiger charge is 2.12. The molecule has 19 heavy (non-hydrogen) atoms. The number of hydrogen-bond donors (Lipinski definition) is 1. The van der Waals surface area contributed by atoms with Gasteiger partial charge < -0.3 is 5.73 Å². The van der Waals surface area contributed by atoms with Crippen molar-refractivity contribution in [1.29, 1.82) is 0 Å². The normalized spacial score (nSPS) is 10.3. The van der Waals surface area contributed by atoms with Crippen LogP contribution < -0.4 is 5.73 Å². The highest BCUT2D eigenvalue weighted by molar-refractivity contribution is 5.84. The van der Waals surface area contributed by atoms with E-state index >= 15 is 0 Å². The predicted molar refractivity (Wildman–Crippen MR) is 83.1 cm³/mol. The molecule has 0 saturated carbocycles. The first-order valence-corrected chi connectivity index (χ1v) is 6.67. The van der Waals surface area contributed by atoms with E-state index in [0.717, 1.165) is 0 Å². The fourth-order valence-electron chi connectivity index (χ4n) is 2.41. The predicted octanol–water partition coefficient (Wildman–Crippen LogP) is 4.08. The largest absolute Gasteiger partial charge is 0.327 e. The Labute approximate surface area is 115 Å². The topological polar surface area (TPSA) is 26.0 Å². The molecule has 2 aromatic rings. The van der Waals surface area contributed by atoms with Gasteiger partial charge in [0.25, 0.3) is 0 Å². The molecule has 98 valence electrons. The number of nitrogens with two attached hydrogens (primary N) is 1. The Morgan fingerprint density at radius 3 is 1.63 bits per heavy atom. The van der Waals surface area contributed by atoms with Gasteiger partial charge in [0, 0.05) is 6.54 Å². The van der Waals surface area contributed by atoms with E-state index in [1.165, 1.54) is 33.4 Å². The molecular weight excluding hydrogens is 230 g/mol. The van der Waals surface area contributed by atoms with Gasteiger partial charge in [-0.25, -0.2) is 0 Å². The molecule has 0 saturated heterocycles. The van der Waals surface area contributed by atoms with E-state index in [1.54, 1.807) is 0 Å². The molecule has 0 aromatic heterocycles. The molecule has 1 nitrogen and oxygen atoms in total. The van der Waals surface area contributed by atoms with Crippen molar-refractivity contribution in [3.63, 3.8) is 0 Å². The van der Waals surface area contributed by atoms with E-state index in [9.17, 15) is 0 Å². The zero-order valence-electron chi connectivity index (χ0n) is 11.9. The zero-order valence-corrected chi connectivity index (χ0v) is 11.9. The average Bonchev–Trinajstić information content (AvgIpc) is 2.43. The molecule has 0 radical (unpaired) electrons. The van der Waals surface area contributed by atoms with Crippen molar-refractivity contribution in [3.05, 3.63) is 76.4 Å². The summed E-state index contributed by atoms with van der Waals surface area (Å²) in [5.74, 6) is 0. The monoisotopic (exact) mass is 251 g/mol. The smallest absolute Gasteiger partial charge is 0.0143 e. The van der Waals surface area contributed by atoms with Crippen LogP contribution in [0, 0.1) is 13.8 Å². The molecule has 0 unspecified atom stereocenters. The molecule has 0 aliphatic carbocycles. The third-order valence-corrected chi connectivity index (χ3v) is 3.56. The first kappa shape index (κ1) is 13.6. The molecule has 1 heteroatoms. The van der Waals surface area contributed by atoms with Gasteiger partial charge in [-0.1, -0.05) is 54.1 Å². The van der Waals surface area contributed by atoms with Crippen molar-refractivity contribution in [1.82, 2.24) is 0 Å². The Hall–Kier alpha value is -1.86. The Morgan fingerprint density at radius 1 is 0.842 bits per heavy atom. The number of rotatable bonds is 3. The molecule has 2 rings (SSSR count). The summed E-state index contributed by atoms with van der Waals surface area (Å²) in [7, 11) is 0. The molecule has 0 aliphatic heterocycles. The minimum atomic E-state index is 0.581. The molecule has 0 heterocycles. The number of aryl methyl sites for hydroxylation is 2. The fourth-order valence-corrected chi connectivity index (χ4v) is 2.41. The fraction of sp³-hybridized carbons (Fsp3) is 0.222. The number of benzene rings is 2. The first-order chi connectivity index (χ1) is 9.15. The van der Waals surface area contributed by atoms with Crippen LogP contribution in [0.5, 0.6) is 0 Å². The maximum atomic E-state index is 5.89. The lowest BCUT2D eigenvalue weighted by Crippen LogP contribution is -2.05. The van der Waals surface area contributed by atoms with E-state index < -0.39 is 0 Å². The van der Waals surface area contributed by atoms with Crippen molar-refractivity contribution >= 4 is 5.57 Å². The third kappa shape index (κ3) is 2.77. The van der Waals surface area contributed by atoms with Crippen LogP contribution in [0.3, 0.4) is 0 Å². The van der Waals surface area contributed by atoms with Crippen molar-refractivity contribution in [2.45, 2.75) is 20.8 Å². The van der Waals surface area contributed by atoms with Crippen LogP contribution in [0.2, 0.25) is 0 Å². The van der Waals surface area contributed by atoms with Crippen molar-refractivity contribution in [2.24, 2.45) is 5.73 Å². The van der Waals surface area contributed by atoms with Crippen LogP contribution in [0.4, 0.5) is 0 Å². The standard InChI is InChI=1S/C18H21N/c1-13-8-4-6-10-16(13)18(15(3)12-19)17-11-7-5-9-14(17)2/h4-11H,12,19H2,1-3H3. The summed E-state index contributed by atoms with van der Waals surface area (Å²) in [6, 6.07) is 17.0. The van der Waals surface area contributed by atoms with E-state index in [4.69, 9.17) is 5.73 Å². The van der Waals surface area contributed by atoms with Crippen LogP contribution in [0.1, 0.15) is 29.2 Å². The van der Waals surface area contributed by atoms with E-state index in [-0.39, 0.29) is 0 Å². The summed E-state index contributed by atoms with van der Waals surface area (Å²) < 4.78 is 0. The van der Waals surface area contributed by atoms with Crippen LogP contribution >= 0.6 is 0 Å². The Kier molecular flexibility index (Phi) is 4.18. The van der Waals surface area contributed by atoms with Crippen LogP contribution in [-0.4, -0.2) is 6.54 Å². The zero-order chi connectivity index (χ0) is 13.8. The second-order valence-corrected chi connectivity index (χ2v) is 4.99. The van der Waals surface area contributed by atoms with Gasteiger partial charge in [0.1, 0.15) is 0 Å². The summed E-state index contributed by atoms with van der Waals surface area (Å²) in [5.41, 5.74) is 13.5. The van der Waals surface area contributed by atoms with Gasteiger partial charge in [-0.05, 0) is 48.6 Å². The minimum absolute atomic E-state index is 0.581.